The van der Waals surface area contributed by atoms with Crippen molar-refractivity contribution in [2.24, 2.45) is 0 Å². The fourth-order valence-electron chi connectivity index (χ4n) is 7.57. The van der Waals surface area contributed by atoms with E-state index >= 15 is 0 Å². The third kappa shape index (κ3) is 8.54. The monoisotopic (exact) mass is 833 g/mol. The van der Waals surface area contributed by atoms with E-state index in [0.29, 0.717) is 0 Å². The molecule has 1 aliphatic rings. The maximum Gasteiger partial charge on any atom is 0.0920 e. The van der Waals surface area contributed by atoms with Crippen LogP contribution in [0.2, 0.25) is 0 Å². The Bertz CT molecular complexity index is 2390. The van der Waals surface area contributed by atoms with Gasteiger partial charge in [-0.3, -0.25) is 0 Å². The summed E-state index contributed by atoms with van der Waals surface area (Å²) in [7, 11) is 10.7. The van der Waals surface area contributed by atoms with Crippen LogP contribution in [0.1, 0.15) is 44.5 Å². The summed E-state index contributed by atoms with van der Waals surface area (Å²) in [4.78, 5) is 0. The molecule has 8 aromatic carbocycles. The minimum absolute atomic E-state index is 0.795. The maximum atomic E-state index is 4.93. The van der Waals surface area contributed by atoms with E-state index in [1.807, 2.05) is 6.07 Å². The number of halogens is 2. The normalized spacial score (nSPS) is 11.1. The average Bonchev–Trinajstić information content (AvgIpc) is 3.85. The molecule has 270 valence electrons. The SMILES string of the molecule is Cc1cc2c(-c3cccc(C)c3C)c(C)ccc2[cH-]1.Cc1cc2c(-c3cccc(C)c3C)c(C)ccc2[cH-]1.[Cl][Zr][Cl].[c-]1cccc2c1[Si]c1ccccc1-2. The van der Waals surface area contributed by atoms with Crippen molar-refractivity contribution in [2.75, 3.05) is 0 Å². The molecular formula is C50H45Cl2SiZr-3. The Morgan fingerprint density at radius 1 is 0.500 bits per heavy atom. The molecule has 0 unspecified atom stereocenters. The molecular weight excluding hydrogens is 791 g/mol. The van der Waals surface area contributed by atoms with Crippen LogP contribution in [0.4, 0.5) is 0 Å². The van der Waals surface area contributed by atoms with Crippen molar-refractivity contribution in [3.8, 4) is 33.4 Å². The molecule has 2 radical (unpaired) electrons. The van der Waals surface area contributed by atoms with Crippen LogP contribution in [0.25, 0.3) is 54.9 Å². The quantitative estimate of drug-likeness (QED) is 0.120. The van der Waals surface area contributed by atoms with Gasteiger partial charge in [0.1, 0.15) is 0 Å². The van der Waals surface area contributed by atoms with Crippen LogP contribution in [-0.4, -0.2) is 9.52 Å². The molecule has 0 bridgehead atoms. The van der Waals surface area contributed by atoms with Crippen LogP contribution in [0.3, 0.4) is 0 Å². The van der Waals surface area contributed by atoms with Crippen LogP contribution in [-0.2, 0) is 20.8 Å². The van der Waals surface area contributed by atoms with Crippen molar-refractivity contribution in [2.45, 2.75) is 55.4 Å². The van der Waals surface area contributed by atoms with Crippen LogP contribution in [0.15, 0.2) is 127 Å². The summed E-state index contributed by atoms with van der Waals surface area (Å²) in [6, 6.07) is 49.4. The zero-order chi connectivity index (χ0) is 38.5. The molecule has 0 atom stereocenters. The molecule has 0 fully saturated rings. The summed E-state index contributed by atoms with van der Waals surface area (Å²) in [5, 5.41) is 8.28. The molecule has 8 aromatic rings. The zero-order valence-electron chi connectivity index (χ0n) is 32.4. The van der Waals surface area contributed by atoms with E-state index in [1.54, 1.807) is 0 Å². The average molecular weight is 836 g/mol. The van der Waals surface area contributed by atoms with E-state index in [4.69, 9.17) is 17.0 Å². The summed E-state index contributed by atoms with van der Waals surface area (Å²) < 4.78 is 0. The second kappa shape index (κ2) is 17.8. The maximum absolute atomic E-state index is 4.93. The van der Waals surface area contributed by atoms with Gasteiger partial charge in [-0.15, -0.1) is 74.6 Å². The molecule has 4 heteroatoms. The summed E-state index contributed by atoms with van der Waals surface area (Å²) >= 11 is -0.826. The summed E-state index contributed by atoms with van der Waals surface area (Å²) in [6.07, 6.45) is 0. The van der Waals surface area contributed by atoms with Gasteiger partial charge in [-0.05, 0) is 74.9 Å². The Morgan fingerprint density at radius 3 is 1.48 bits per heavy atom. The topological polar surface area (TPSA) is 0 Å². The van der Waals surface area contributed by atoms with Gasteiger partial charge in [0.2, 0.25) is 0 Å². The molecule has 0 spiro atoms. The van der Waals surface area contributed by atoms with Crippen molar-refractivity contribution in [1.29, 1.82) is 0 Å². The van der Waals surface area contributed by atoms with Crippen molar-refractivity contribution < 1.29 is 20.8 Å². The molecule has 0 aliphatic carbocycles. The zero-order valence-corrected chi connectivity index (χ0v) is 37.4. The third-order valence-corrected chi connectivity index (χ3v) is 11.9. The van der Waals surface area contributed by atoms with Gasteiger partial charge in [0.15, 0.2) is 0 Å². The third-order valence-electron chi connectivity index (χ3n) is 10.6. The fourth-order valence-corrected chi connectivity index (χ4v) is 8.88. The molecule has 9 rings (SSSR count). The van der Waals surface area contributed by atoms with E-state index in [-0.39, 0.29) is 0 Å². The number of fused-ring (bicyclic) bond motifs is 5. The first-order valence-corrected chi connectivity index (χ1v) is 25.6. The molecule has 1 aliphatic heterocycles. The van der Waals surface area contributed by atoms with Crippen molar-refractivity contribution >= 4 is 58.5 Å². The Balaban J connectivity index is 0.000000135. The Labute approximate surface area is 343 Å². The molecule has 0 aromatic heterocycles. The molecule has 1 heterocycles. The van der Waals surface area contributed by atoms with Crippen LogP contribution < -0.4 is 10.4 Å². The molecule has 0 N–H and O–H groups in total. The van der Waals surface area contributed by atoms with Crippen LogP contribution in [0.5, 0.6) is 0 Å². The minimum Gasteiger partial charge on any atom is -0.184 e. The van der Waals surface area contributed by atoms with E-state index in [1.165, 1.54) is 110 Å². The van der Waals surface area contributed by atoms with Gasteiger partial charge >= 0.3 is 37.9 Å². The van der Waals surface area contributed by atoms with E-state index < -0.39 is 20.8 Å². The molecule has 0 saturated heterocycles. The first-order valence-electron chi connectivity index (χ1n) is 18.3. The van der Waals surface area contributed by atoms with Gasteiger partial charge in [-0.2, -0.15) is 41.6 Å². The van der Waals surface area contributed by atoms with Gasteiger partial charge < -0.3 is 0 Å². The second-order valence-corrected chi connectivity index (χ2v) is 19.3. The van der Waals surface area contributed by atoms with Gasteiger partial charge in [-0.25, -0.2) is 0 Å². The summed E-state index contributed by atoms with van der Waals surface area (Å²) in [5.74, 6) is 0. The number of benzene rings is 6. The number of rotatable bonds is 2. The second-order valence-electron chi connectivity index (χ2n) is 14.3. The van der Waals surface area contributed by atoms with Gasteiger partial charge in [0, 0.05) is 0 Å². The number of hydrogen-bond donors (Lipinski definition) is 0. The van der Waals surface area contributed by atoms with Crippen LogP contribution >= 0.6 is 17.0 Å². The smallest absolute Gasteiger partial charge is 0.0920 e. The van der Waals surface area contributed by atoms with Crippen molar-refractivity contribution in [1.82, 2.24) is 0 Å². The number of aryl methyl sites for hydroxylation is 6. The Kier molecular flexibility index (Phi) is 13.1. The van der Waals surface area contributed by atoms with E-state index in [9.17, 15) is 0 Å². The minimum atomic E-state index is -0.826. The summed E-state index contributed by atoms with van der Waals surface area (Å²) in [6.45, 7) is 17.6. The number of hydrogen-bond acceptors (Lipinski definition) is 0. The Morgan fingerprint density at radius 2 is 0.963 bits per heavy atom. The van der Waals surface area contributed by atoms with Crippen LogP contribution in [0, 0.1) is 61.5 Å². The van der Waals surface area contributed by atoms with Crippen molar-refractivity contribution in [3.63, 3.8) is 0 Å². The van der Waals surface area contributed by atoms with Gasteiger partial charge in [-0.1, -0.05) is 108 Å². The first kappa shape index (κ1) is 39.9. The molecule has 0 nitrogen and oxygen atoms in total. The van der Waals surface area contributed by atoms with Gasteiger partial charge in [0.25, 0.3) is 0 Å². The largest absolute Gasteiger partial charge is 0.184 e. The molecule has 0 amide bonds. The fraction of sp³-hybridized carbons (Fsp3) is 0.160. The summed E-state index contributed by atoms with van der Waals surface area (Å²) in [5.41, 5.74) is 19.2. The predicted octanol–water partition coefficient (Wildman–Crippen LogP) is 13.4. The molecule has 54 heavy (non-hydrogen) atoms. The van der Waals surface area contributed by atoms with Crippen molar-refractivity contribution in [3.05, 3.63) is 178 Å². The van der Waals surface area contributed by atoms with E-state index in [2.05, 4.69) is 183 Å². The molecule has 0 saturated carbocycles. The van der Waals surface area contributed by atoms with Gasteiger partial charge in [0.05, 0.1) is 9.52 Å². The first-order chi connectivity index (χ1) is 26.0. The standard InChI is InChI=1S/2C19H19.C12H7Si.2ClH.Zr/c2*1-12-10-16-9-8-14(3)19(18(16)11-12)17-7-5-6-13(2)15(17)4;1-3-7-11-9(5-1)10-6-2-4-8-12(10)13-11;;;/h2*5-11H,1-4H3;1-7H;2*1H;/q3*-1;;;+2/p-2. The Hall–Kier alpha value is -3.78. The van der Waals surface area contributed by atoms with E-state index in [0.717, 1.165) is 9.52 Å². The predicted molar refractivity (Wildman–Crippen MR) is 235 cm³/mol.